The Labute approximate surface area is 181 Å². The smallest absolute Gasteiger partial charge is 0.334 e. The van der Waals surface area contributed by atoms with Crippen LogP contribution in [0.5, 0.6) is 0 Å². The van der Waals surface area contributed by atoms with Crippen molar-refractivity contribution in [2.75, 3.05) is 10.7 Å². The zero-order valence-electron chi connectivity index (χ0n) is 15.3. The highest BCUT2D eigenvalue weighted by atomic mass is 79.9. The third-order valence-electron chi connectivity index (χ3n) is 3.90. The van der Waals surface area contributed by atoms with E-state index in [-0.39, 0.29) is 5.56 Å². The first kappa shape index (κ1) is 22.0. The number of aromatic nitrogens is 2. The zero-order valence-corrected chi connectivity index (χ0v) is 16.9. The number of rotatable bonds is 6. The van der Waals surface area contributed by atoms with Crippen LogP contribution in [0.4, 0.5) is 36.2 Å². The van der Waals surface area contributed by atoms with Crippen LogP contribution in [0.1, 0.15) is 15.9 Å². The zero-order chi connectivity index (χ0) is 22.6. The Morgan fingerprint density at radius 2 is 1.68 bits per heavy atom. The van der Waals surface area contributed by atoms with Crippen LogP contribution < -0.4 is 16.2 Å². The number of nitrogens with zero attached hydrogens (tertiary/aromatic N) is 3. The van der Waals surface area contributed by atoms with Gasteiger partial charge < -0.3 is 5.32 Å². The number of hydrogen-bond acceptors (Lipinski definition) is 7. The number of nitro groups is 1. The van der Waals surface area contributed by atoms with Crippen molar-refractivity contribution in [2.24, 2.45) is 0 Å². The maximum Gasteiger partial charge on any atom is 0.418 e. The summed E-state index contributed by atoms with van der Waals surface area (Å²) in [6, 6.07) is 10.9. The minimum atomic E-state index is -4.69. The summed E-state index contributed by atoms with van der Waals surface area (Å²) >= 11 is 3.21. The van der Waals surface area contributed by atoms with Crippen LogP contribution in [0.3, 0.4) is 0 Å². The molecule has 13 heteroatoms. The molecule has 0 fully saturated rings. The number of hydrogen-bond donors (Lipinski definition) is 3. The number of alkyl halides is 3. The predicted octanol–water partition coefficient (Wildman–Crippen LogP) is 4.67. The lowest BCUT2D eigenvalue weighted by Gasteiger charge is -2.15. The van der Waals surface area contributed by atoms with E-state index < -0.39 is 45.6 Å². The van der Waals surface area contributed by atoms with Gasteiger partial charge in [-0.1, -0.05) is 24.3 Å². The molecule has 0 unspecified atom stereocenters. The summed E-state index contributed by atoms with van der Waals surface area (Å²) in [7, 11) is 0. The van der Waals surface area contributed by atoms with Crippen molar-refractivity contribution in [1.82, 2.24) is 15.4 Å². The van der Waals surface area contributed by atoms with Crippen molar-refractivity contribution in [1.29, 1.82) is 0 Å². The largest absolute Gasteiger partial charge is 0.418 e. The number of hydrazine groups is 1. The number of anilines is 3. The second-order valence-electron chi connectivity index (χ2n) is 5.90. The molecule has 31 heavy (non-hydrogen) atoms. The standard InChI is InChI=1S/C18H12BrF3N6O3/c19-12-7-3-1-5-10(12)17(29)27-26-16-14(28(30)31)15(23-9-24-16)25-13-8-4-2-6-11(13)18(20,21)22/h1-9H,(H,27,29)(H2,23,24,25,26). The lowest BCUT2D eigenvalue weighted by atomic mass is 10.1. The lowest BCUT2D eigenvalue weighted by molar-refractivity contribution is -0.383. The van der Waals surface area contributed by atoms with E-state index in [1.165, 1.54) is 18.2 Å². The van der Waals surface area contributed by atoms with Crippen LogP contribution in [-0.2, 0) is 6.18 Å². The first-order chi connectivity index (χ1) is 14.7. The molecular formula is C18H12BrF3N6O3. The first-order valence-corrected chi connectivity index (χ1v) is 9.21. The van der Waals surface area contributed by atoms with Gasteiger partial charge in [-0.05, 0) is 40.2 Å². The third kappa shape index (κ3) is 5.06. The Morgan fingerprint density at radius 3 is 2.35 bits per heavy atom. The molecule has 1 aromatic heterocycles. The van der Waals surface area contributed by atoms with Gasteiger partial charge in [0.1, 0.15) is 6.33 Å². The molecule has 0 bridgehead atoms. The van der Waals surface area contributed by atoms with E-state index in [4.69, 9.17) is 0 Å². The SMILES string of the molecule is O=C(NNc1ncnc(Nc2ccccc2C(F)(F)F)c1[N+](=O)[O-])c1ccccc1Br. The fourth-order valence-electron chi connectivity index (χ4n) is 2.53. The maximum absolute atomic E-state index is 13.2. The third-order valence-corrected chi connectivity index (χ3v) is 4.59. The van der Waals surface area contributed by atoms with Crippen LogP contribution in [-0.4, -0.2) is 20.8 Å². The molecule has 9 nitrogen and oxygen atoms in total. The number of amides is 1. The molecule has 160 valence electrons. The highest BCUT2D eigenvalue weighted by Crippen LogP contribution is 2.38. The van der Waals surface area contributed by atoms with Crippen molar-refractivity contribution >= 4 is 44.8 Å². The van der Waals surface area contributed by atoms with Gasteiger partial charge in [0.2, 0.25) is 11.6 Å². The minimum absolute atomic E-state index is 0.240. The van der Waals surface area contributed by atoms with Gasteiger partial charge in [-0.2, -0.15) is 13.2 Å². The van der Waals surface area contributed by atoms with Crippen LogP contribution in [0.25, 0.3) is 0 Å². The van der Waals surface area contributed by atoms with Gasteiger partial charge in [0.15, 0.2) is 0 Å². The molecule has 3 rings (SSSR count). The number of benzene rings is 2. The molecule has 0 radical (unpaired) electrons. The second kappa shape index (κ2) is 8.95. The maximum atomic E-state index is 13.2. The van der Waals surface area contributed by atoms with Gasteiger partial charge in [0, 0.05) is 4.47 Å². The molecule has 1 heterocycles. The minimum Gasteiger partial charge on any atom is -0.334 e. The molecule has 0 aliphatic carbocycles. The molecule has 1 amide bonds. The van der Waals surface area contributed by atoms with Crippen molar-refractivity contribution in [3.63, 3.8) is 0 Å². The Balaban J connectivity index is 1.90. The second-order valence-corrected chi connectivity index (χ2v) is 6.76. The number of carbonyl (C=O) groups is 1. The summed E-state index contributed by atoms with van der Waals surface area (Å²) in [4.78, 5) is 30.4. The van der Waals surface area contributed by atoms with Crippen molar-refractivity contribution in [3.05, 3.63) is 80.6 Å². The average molecular weight is 497 g/mol. The summed E-state index contributed by atoms with van der Waals surface area (Å²) in [5, 5.41) is 13.9. The molecule has 0 spiro atoms. The summed E-state index contributed by atoms with van der Waals surface area (Å²) in [6.07, 6.45) is -3.79. The predicted molar refractivity (Wildman–Crippen MR) is 109 cm³/mol. The Morgan fingerprint density at radius 1 is 1.03 bits per heavy atom. The Hall–Kier alpha value is -3.74. The van der Waals surface area contributed by atoms with Gasteiger partial charge in [0.05, 0.1) is 21.7 Å². The number of para-hydroxylation sites is 1. The molecule has 0 atom stereocenters. The number of halogens is 4. The van der Waals surface area contributed by atoms with Gasteiger partial charge in [-0.15, -0.1) is 0 Å². The molecule has 0 aliphatic heterocycles. The Kier molecular flexibility index (Phi) is 6.34. The highest BCUT2D eigenvalue weighted by molar-refractivity contribution is 9.10. The van der Waals surface area contributed by atoms with Crippen molar-refractivity contribution in [3.8, 4) is 0 Å². The molecule has 3 N–H and O–H groups in total. The molecular weight excluding hydrogens is 485 g/mol. The summed E-state index contributed by atoms with van der Waals surface area (Å²) in [5.74, 6) is -1.54. The number of carbonyl (C=O) groups excluding carboxylic acids is 1. The van der Waals surface area contributed by atoms with Crippen molar-refractivity contribution in [2.45, 2.75) is 6.18 Å². The first-order valence-electron chi connectivity index (χ1n) is 8.42. The van der Waals surface area contributed by atoms with E-state index in [1.54, 1.807) is 18.2 Å². The quantitative estimate of drug-likeness (QED) is 0.334. The van der Waals surface area contributed by atoms with Gasteiger partial charge in [-0.25, -0.2) is 9.97 Å². The average Bonchev–Trinajstić information content (AvgIpc) is 2.72. The van der Waals surface area contributed by atoms with Gasteiger partial charge >= 0.3 is 11.9 Å². The number of nitrogens with one attached hydrogen (secondary N) is 3. The van der Waals surface area contributed by atoms with E-state index in [0.717, 1.165) is 18.5 Å². The molecule has 3 aromatic rings. The van der Waals surface area contributed by atoms with Crippen LogP contribution in [0.2, 0.25) is 0 Å². The van der Waals surface area contributed by atoms with E-state index in [2.05, 4.69) is 42.1 Å². The van der Waals surface area contributed by atoms with E-state index in [0.29, 0.717) is 4.47 Å². The van der Waals surface area contributed by atoms with Crippen LogP contribution in [0, 0.1) is 10.1 Å². The van der Waals surface area contributed by atoms with E-state index in [9.17, 15) is 28.1 Å². The van der Waals surface area contributed by atoms with Crippen LogP contribution >= 0.6 is 15.9 Å². The topological polar surface area (TPSA) is 122 Å². The van der Waals surface area contributed by atoms with Crippen molar-refractivity contribution < 1.29 is 22.9 Å². The fraction of sp³-hybridized carbons (Fsp3) is 0.0556. The van der Waals surface area contributed by atoms with Crippen LogP contribution in [0.15, 0.2) is 59.3 Å². The highest BCUT2D eigenvalue weighted by Gasteiger charge is 2.34. The summed E-state index contributed by atoms with van der Waals surface area (Å²) < 4.78 is 40.2. The molecule has 0 saturated heterocycles. The molecule has 0 aliphatic rings. The fourth-order valence-corrected chi connectivity index (χ4v) is 3.00. The monoisotopic (exact) mass is 496 g/mol. The van der Waals surface area contributed by atoms with E-state index >= 15 is 0 Å². The van der Waals surface area contributed by atoms with Gasteiger partial charge in [-0.3, -0.25) is 25.8 Å². The van der Waals surface area contributed by atoms with Gasteiger partial charge in [0.25, 0.3) is 5.91 Å². The van der Waals surface area contributed by atoms with E-state index in [1.807, 2.05) is 0 Å². The molecule has 2 aromatic carbocycles. The summed E-state index contributed by atoms with van der Waals surface area (Å²) in [5.41, 5.74) is 2.60. The summed E-state index contributed by atoms with van der Waals surface area (Å²) in [6.45, 7) is 0. The lowest BCUT2D eigenvalue weighted by Crippen LogP contribution is -2.30. The normalized spacial score (nSPS) is 11.0. The molecule has 0 saturated carbocycles. The Bertz CT molecular complexity index is 1140.